The van der Waals surface area contributed by atoms with E-state index in [0.29, 0.717) is 5.56 Å². The molecule has 4 heteroatoms. The number of likely N-dealkylation sites (tertiary alicyclic amines) is 1. The Bertz CT molecular complexity index is 724. The molecule has 1 saturated heterocycles. The molecule has 150 valence electrons. The van der Waals surface area contributed by atoms with Crippen molar-refractivity contribution in [2.45, 2.75) is 38.6 Å². The van der Waals surface area contributed by atoms with Crippen molar-refractivity contribution >= 4 is 5.91 Å². The molecule has 1 aliphatic heterocycles. The van der Waals surface area contributed by atoms with Gasteiger partial charge in [0, 0.05) is 12.1 Å². The number of rotatable bonds is 10. The van der Waals surface area contributed by atoms with Crippen molar-refractivity contribution in [2.24, 2.45) is 11.7 Å². The Hall–Kier alpha value is -2.17. The standard InChI is InChI=1S/C24H33N3O/c25-24(28)23-10-6-9-22(18-23)19-26-13-4-5-14-27-15-11-21(12-16-27)17-20-7-2-1-3-8-20/h1-3,6-10,18,21,26H,4-5,11-17,19H2,(H2,25,28). The van der Waals surface area contributed by atoms with Gasteiger partial charge in [-0.05, 0) is 87.5 Å². The molecule has 0 unspecified atom stereocenters. The van der Waals surface area contributed by atoms with Gasteiger partial charge in [-0.1, -0.05) is 42.5 Å². The number of carbonyl (C=O) groups excluding carboxylic acids is 1. The summed E-state index contributed by atoms with van der Waals surface area (Å²) in [5.74, 6) is 0.478. The van der Waals surface area contributed by atoms with Crippen LogP contribution in [0.4, 0.5) is 0 Å². The highest BCUT2D eigenvalue weighted by molar-refractivity contribution is 5.92. The molecule has 3 N–H and O–H groups in total. The van der Waals surface area contributed by atoms with Gasteiger partial charge in [0.05, 0.1) is 0 Å². The molecule has 0 atom stereocenters. The van der Waals surface area contributed by atoms with Crippen molar-refractivity contribution in [3.8, 4) is 0 Å². The van der Waals surface area contributed by atoms with Gasteiger partial charge in [-0.15, -0.1) is 0 Å². The predicted octanol–water partition coefficient (Wildman–Crippen LogP) is 3.61. The topological polar surface area (TPSA) is 58.4 Å². The molecule has 2 aromatic carbocycles. The second kappa shape index (κ2) is 11.0. The van der Waals surface area contributed by atoms with Gasteiger partial charge in [0.15, 0.2) is 0 Å². The summed E-state index contributed by atoms with van der Waals surface area (Å²) in [4.78, 5) is 13.9. The van der Waals surface area contributed by atoms with Gasteiger partial charge in [0.2, 0.25) is 5.91 Å². The fourth-order valence-corrected chi connectivity index (χ4v) is 4.01. The maximum atomic E-state index is 11.2. The maximum absolute atomic E-state index is 11.2. The lowest BCUT2D eigenvalue weighted by atomic mass is 9.90. The number of benzene rings is 2. The summed E-state index contributed by atoms with van der Waals surface area (Å²) < 4.78 is 0. The van der Waals surface area contributed by atoms with E-state index in [2.05, 4.69) is 40.5 Å². The Kier molecular flexibility index (Phi) is 8.07. The Morgan fingerprint density at radius 1 is 1.00 bits per heavy atom. The predicted molar refractivity (Wildman–Crippen MR) is 115 cm³/mol. The van der Waals surface area contributed by atoms with Crippen molar-refractivity contribution in [3.05, 3.63) is 71.3 Å². The number of nitrogens with zero attached hydrogens (tertiary/aromatic N) is 1. The van der Waals surface area contributed by atoms with Crippen molar-refractivity contribution < 1.29 is 4.79 Å². The average Bonchev–Trinajstić information content (AvgIpc) is 2.73. The fourth-order valence-electron chi connectivity index (χ4n) is 4.01. The normalized spacial score (nSPS) is 15.6. The maximum Gasteiger partial charge on any atom is 0.248 e. The molecule has 3 rings (SSSR count). The molecule has 1 aliphatic rings. The second-order valence-corrected chi connectivity index (χ2v) is 7.92. The van der Waals surface area contributed by atoms with E-state index in [4.69, 9.17) is 5.73 Å². The molecular formula is C24H33N3O. The molecule has 0 saturated carbocycles. The first-order valence-electron chi connectivity index (χ1n) is 10.6. The number of hydrogen-bond donors (Lipinski definition) is 2. The number of carbonyl (C=O) groups is 1. The Morgan fingerprint density at radius 3 is 2.50 bits per heavy atom. The van der Waals surface area contributed by atoms with Gasteiger partial charge in [-0.25, -0.2) is 0 Å². The van der Waals surface area contributed by atoms with Gasteiger partial charge < -0.3 is 16.0 Å². The van der Waals surface area contributed by atoms with E-state index in [1.807, 2.05) is 18.2 Å². The summed E-state index contributed by atoms with van der Waals surface area (Å²) in [5, 5.41) is 3.47. The van der Waals surface area contributed by atoms with Crippen LogP contribution < -0.4 is 11.1 Å². The summed E-state index contributed by atoms with van der Waals surface area (Å²) in [5.41, 5.74) is 8.50. The van der Waals surface area contributed by atoms with Crippen LogP contribution in [0.1, 0.15) is 47.2 Å². The van der Waals surface area contributed by atoms with E-state index in [1.54, 1.807) is 6.07 Å². The summed E-state index contributed by atoms with van der Waals surface area (Å²) in [6.45, 7) is 5.48. The molecule has 2 aromatic rings. The minimum Gasteiger partial charge on any atom is -0.366 e. The van der Waals surface area contributed by atoms with Crippen LogP contribution in [0.5, 0.6) is 0 Å². The van der Waals surface area contributed by atoms with Crippen LogP contribution in [0.2, 0.25) is 0 Å². The van der Waals surface area contributed by atoms with Crippen LogP contribution in [0, 0.1) is 5.92 Å². The van der Waals surface area contributed by atoms with E-state index in [9.17, 15) is 4.79 Å². The summed E-state index contributed by atoms with van der Waals surface area (Å²) in [7, 11) is 0. The minimum absolute atomic E-state index is 0.366. The highest BCUT2D eigenvalue weighted by atomic mass is 16.1. The van der Waals surface area contributed by atoms with Crippen molar-refractivity contribution in [3.63, 3.8) is 0 Å². The number of primary amides is 1. The van der Waals surface area contributed by atoms with Crippen LogP contribution in [0.25, 0.3) is 0 Å². The van der Waals surface area contributed by atoms with Crippen molar-refractivity contribution in [2.75, 3.05) is 26.2 Å². The molecule has 28 heavy (non-hydrogen) atoms. The van der Waals surface area contributed by atoms with Crippen LogP contribution in [-0.2, 0) is 13.0 Å². The van der Waals surface area contributed by atoms with Crippen LogP contribution in [0.15, 0.2) is 54.6 Å². The Balaban J connectivity index is 1.24. The quantitative estimate of drug-likeness (QED) is 0.620. The third-order valence-corrected chi connectivity index (χ3v) is 5.69. The molecule has 0 radical (unpaired) electrons. The number of nitrogens with one attached hydrogen (secondary N) is 1. The lowest BCUT2D eigenvalue weighted by molar-refractivity contribution is 0.1000. The van der Waals surface area contributed by atoms with E-state index in [1.165, 1.54) is 57.3 Å². The number of nitrogens with two attached hydrogens (primary N) is 1. The first kappa shape index (κ1) is 20.6. The molecule has 0 bridgehead atoms. The number of amides is 1. The van der Waals surface area contributed by atoms with E-state index in [-0.39, 0.29) is 5.91 Å². The largest absolute Gasteiger partial charge is 0.366 e. The number of hydrogen-bond acceptors (Lipinski definition) is 3. The minimum atomic E-state index is -0.366. The molecule has 0 spiro atoms. The zero-order valence-corrected chi connectivity index (χ0v) is 16.8. The van der Waals surface area contributed by atoms with Gasteiger partial charge >= 0.3 is 0 Å². The van der Waals surface area contributed by atoms with Gasteiger partial charge in [0.25, 0.3) is 0 Å². The van der Waals surface area contributed by atoms with Crippen LogP contribution >= 0.6 is 0 Å². The summed E-state index contributed by atoms with van der Waals surface area (Å²) in [6.07, 6.45) is 6.29. The van der Waals surface area contributed by atoms with E-state index >= 15 is 0 Å². The van der Waals surface area contributed by atoms with E-state index < -0.39 is 0 Å². The van der Waals surface area contributed by atoms with Gasteiger partial charge in [0.1, 0.15) is 0 Å². The molecule has 4 nitrogen and oxygen atoms in total. The molecule has 0 aromatic heterocycles. The number of unbranched alkanes of at least 4 members (excludes halogenated alkanes) is 1. The SMILES string of the molecule is NC(=O)c1cccc(CNCCCCN2CCC(Cc3ccccc3)CC2)c1. The number of piperidine rings is 1. The first-order valence-corrected chi connectivity index (χ1v) is 10.6. The average molecular weight is 380 g/mol. The molecule has 1 heterocycles. The lowest BCUT2D eigenvalue weighted by Crippen LogP contribution is -2.35. The van der Waals surface area contributed by atoms with E-state index in [0.717, 1.165) is 24.6 Å². The highest BCUT2D eigenvalue weighted by Crippen LogP contribution is 2.21. The third-order valence-electron chi connectivity index (χ3n) is 5.69. The monoisotopic (exact) mass is 379 g/mol. The van der Waals surface area contributed by atoms with Gasteiger partial charge in [-0.3, -0.25) is 4.79 Å². The van der Waals surface area contributed by atoms with Crippen LogP contribution in [0.3, 0.4) is 0 Å². The lowest BCUT2D eigenvalue weighted by Gasteiger charge is -2.32. The van der Waals surface area contributed by atoms with Gasteiger partial charge in [-0.2, -0.15) is 0 Å². The molecule has 1 fully saturated rings. The Labute approximate surface area is 169 Å². The van der Waals surface area contributed by atoms with Crippen molar-refractivity contribution in [1.29, 1.82) is 0 Å². The summed E-state index contributed by atoms with van der Waals surface area (Å²) in [6, 6.07) is 18.4. The second-order valence-electron chi connectivity index (χ2n) is 7.92. The molecule has 0 aliphatic carbocycles. The van der Waals surface area contributed by atoms with Crippen LogP contribution in [-0.4, -0.2) is 37.0 Å². The highest BCUT2D eigenvalue weighted by Gasteiger charge is 2.18. The zero-order chi connectivity index (χ0) is 19.6. The zero-order valence-electron chi connectivity index (χ0n) is 16.8. The van der Waals surface area contributed by atoms with Crippen molar-refractivity contribution in [1.82, 2.24) is 10.2 Å². The molecule has 1 amide bonds. The first-order chi connectivity index (χ1) is 13.7. The third kappa shape index (κ3) is 6.77. The summed E-state index contributed by atoms with van der Waals surface area (Å²) >= 11 is 0. The fraction of sp³-hybridized carbons (Fsp3) is 0.458. The Morgan fingerprint density at radius 2 is 1.75 bits per heavy atom. The smallest absolute Gasteiger partial charge is 0.248 e. The molecular weight excluding hydrogens is 346 g/mol.